The molecule has 13 heavy (non-hydrogen) atoms. The fraction of sp³-hybridized carbons (Fsp3) is 0.500. The maximum absolute atomic E-state index is 5.68. The molecule has 0 aromatic carbocycles. The van der Waals surface area contributed by atoms with E-state index in [2.05, 4.69) is 23.7 Å². The molecule has 1 heterocycles. The van der Waals surface area contributed by atoms with Crippen molar-refractivity contribution >= 4 is 11.5 Å². The smallest absolute Gasteiger partial charge is 0.130 e. The zero-order valence-corrected chi connectivity index (χ0v) is 8.33. The van der Waals surface area contributed by atoms with E-state index in [1.165, 1.54) is 0 Å². The summed E-state index contributed by atoms with van der Waals surface area (Å²) < 4.78 is 0. The lowest BCUT2D eigenvalue weighted by molar-refractivity contribution is 0.779. The average Bonchev–Trinajstić information content (AvgIpc) is 2.14. The van der Waals surface area contributed by atoms with Crippen molar-refractivity contribution in [3.63, 3.8) is 0 Å². The summed E-state index contributed by atoms with van der Waals surface area (Å²) in [5.74, 6) is 0.976. The van der Waals surface area contributed by atoms with E-state index in [1.54, 1.807) is 6.20 Å². The number of pyridine rings is 1. The SMILES string of the molecule is CCCN(CC)c1cc(N)ccn1. The molecule has 1 aromatic rings. The Bertz CT molecular complexity index is 260. The minimum Gasteiger partial charge on any atom is -0.399 e. The summed E-state index contributed by atoms with van der Waals surface area (Å²) in [4.78, 5) is 6.49. The second-order valence-corrected chi connectivity index (χ2v) is 3.03. The van der Waals surface area contributed by atoms with Crippen LogP contribution in [-0.4, -0.2) is 18.1 Å². The first-order valence-corrected chi connectivity index (χ1v) is 4.74. The molecule has 0 saturated heterocycles. The van der Waals surface area contributed by atoms with Crippen LogP contribution >= 0.6 is 0 Å². The van der Waals surface area contributed by atoms with Crippen LogP contribution in [0, 0.1) is 0 Å². The van der Waals surface area contributed by atoms with Crippen molar-refractivity contribution in [1.29, 1.82) is 0 Å². The molecule has 1 aromatic heterocycles. The minimum atomic E-state index is 0.777. The van der Waals surface area contributed by atoms with Crippen LogP contribution < -0.4 is 10.6 Å². The zero-order chi connectivity index (χ0) is 9.68. The molecule has 0 aliphatic heterocycles. The normalized spacial score (nSPS) is 10.0. The third kappa shape index (κ3) is 2.61. The molecule has 0 fully saturated rings. The Balaban J connectivity index is 2.78. The average molecular weight is 179 g/mol. The number of aromatic nitrogens is 1. The van der Waals surface area contributed by atoms with Gasteiger partial charge in [0, 0.05) is 31.0 Å². The van der Waals surface area contributed by atoms with E-state index in [9.17, 15) is 0 Å². The Morgan fingerprint density at radius 2 is 2.23 bits per heavy atom. The van der Waals surface area contributed by atoms with Crippen molar-refractivity contribution < 1.29 is 0 Å². The first-order valence-electron chi connectivity index (χ1n) is 4.74. The van der Waals surface area contributed by atoms with E-state index in [-0.39, 0.29) is 0 Å². The van der Waals surface area contributed by atoms with Crippen molar-refractivity contribution in [3.05, 3.63) is 18.3 Å². The highest BCUT2D eigenvalue weighted by molar-refractivity contribution is 5.50. The van der Waals surface area contributed by atoms with Gasteiger partial charge in [0.05, 0.1) is 0 Å². The van der Waals surface area contributed by atoms with Crippen LogP contribution in [0.15, 0.2) is 18.3 Å². The summed E-state index contributed by atoms with van der Waals surface area (Å²) in [5, 5.41) is 0. The van der Waals surface area contributed by atoms with E-state index < -0.39 is 0 Å². The van der Waals surface area contributed by atoms with Gasteiger partial charge in [-0.3, -0.25) is 0 Å². The molecule has 0 atom stereocenters. The molecule has 0 aliphatic carbocycles. The van der Waals surface area contributed by atoms with Crippen LogP contribution in [0.3, 0.4) is 0 Å². The van der Waals surface area contributed by atoms with Gasteiger partial charge in [0.2, 0.25) is 0 Å². The molecule has 0 bridgehead atoms. The number of rotatable bonds is 4. The Labute approximate surface area is 79.6 Å². The molecule has 0 radical (unpaired) electrons. The molecule has 3 heteroatoms. The summed E-state index contributed by atoms with van der Waals surface area (Å²) in [6, 6.07) is 3.72. The first kappa shape index (κ1) is 9.84. The van der Waals surface area contributed by atoms with E-state index in [0.717, 1.165) is 31.0 Å². The van der Waals surface area contributed by atoms with Gasteiger partial charge in [-0.2, -0.15) is 0 Å². The maximum Gasteiger partial charge on any atom is 0.130 e. The summed E-state index contributed by atoms with van der Waals surface area (Å²) in [6.45, 7) is 6.30. The lowest BCUT2D eigenvalue weighted by Gasteiger charge is -2.20. The zero-order valence-electron chi connectivity index (χ0n) is 8.33. The topological polar surface area (TPSA) is 42.1 Å². The number of hydrogen-bond donors (Lipinski definition) is 1. The number of nitrogens with two attached hydrogens (primary N) is 1. The standard InChI is InChI=1S/C10H17N3/c1-3-7-13(4-2)10-8-9(11)5-6-12-10/h5-6,8H,3-4,7H2,1-2H3,(H2,11,12). The van der Waals surface area contributed by atoms with Gasteiger partial charge in [0.1, 0.15) is 5.82 Å². The molecule has 72 valence electrons. The van der Waals surface area contributed by atoms with Gasteiger partial charge in [-0.05, 0) is 19.4 Å². The lowest BCUT2D eigenvalue weighted by atomic mass is 10.3. The lowest BCUT2D eigenvalue weighted by Crippen LogP contribution is -2.24. The van der Waals surface area contributed by atoms with Gasteiger partial charge < -0.3 is 10.6 Å². The van der Waals surface area contributed by atoms with Gasteiger partial charge in [0.25, 0.3) is 0 Å². The van der Waals surface area contributed by atoms with Crippen LogP contribution in [0.1, 0.15) is 20.3 Å². The molecule has 0 unspecified atom stereocenters. The largest absolute Gasteiger partial charge is 0.399 e. The van der Waals surface area contributed by atoms with E-state index in [4.69, 9.17) is 5.73 Å². The molecule has 2 N–H and O–H groups in total. The third-order valence-electron chi connectivity index (χ3n) is 1.97. The monoisotopic (exact) mass is 179 g/mol. The van der Waals surface area contributed by atoms with E-state index in [1.807, 2.05) is 12.1 Å². The Morgan fingerprint density at radius 1 is 1.46 bits per heavy atom. The molecule has 0 saturated carbocycles. The van der Waals surface area contributed by atoms with Gasteiger partial charge in [0.15, 0.2) is 0 Å². The van der Waals surface area contributed by atoms with Gasteiger partial charge in [-0.15, -0.1) is 0 Å². The van der Waals surface area contributed by atoms with Crippen molar-refractivity contribution in [2.75, 3.05) is 23.7 Å². The van der Waals surface area contributed by atoms with Crippen LogP contribution in [0.2, 0.25) is 0 Å². The second kappa shape index (κ2) is 4.70. The Kier molecular flexibility index (Phi) is 3.55. The minimum absolute atomic E-state index is 0.777. The van der Waals surface area contributed by atoms with Crippen LogP contribution in [0.4, 0.5) is 11.5 Å². The predicted octanol–water partition coefficient (Wildman–Crippen LogP) is 1.90. The highest BCUT2D eigenvalue weighted by Crippen LogP contribution is 2.13. The molecule has 1 rings (SSSR count). The molecular weight excluding hydrogens is 162 g/mol. The molecule has 0 spiro atoms. The molecular formula is C10H17N3. The highest BCUT2D eigenvalue weighted by atomic mass is 15.2. The molecule has 0 aliphatic rings. The van der Waals surface area contributed by atoms with Crippen LogP contribution in [-0.2, 0) is 0 Å². The quantitative estimate of drug-likeness (QED) is 0.767. The van der Waals surface area contributed by atoms with Gasteiger partial charge in [-0.25, -0.2) is 4.98 Å². The maximum atomic E-state index is 5.68. The third-order valence-corrected chi connectivity index (χ3v) is 1.97. The van der Waals surface area contributed by atoms with Crippen molar-refractivity contribution in [3.8, 4) is 0 Å². The number of hydrogen-bond acceptors (Lipinski definition) is 3. The fourth-order valence-electron chi connectivity index (χ4n) is 1.31. The van der Waals surface area contributed by atoms with Crippen LogP contribution in [0.5, 0.6) is 0 Å². The highest BCUT2D eigenvalue weighted by Gasteiger charge is 2.03. The van der Waals surface area contributed by atoms with Crippen LogP contribution in [0.25, 0.3) is 0 Å². The van der Waals surface area contributed by atoms with E-state index in [0.29, 0.717) is 0 Å². The van der Waals surface area contributed by atoms with Crippen molar-refractivity contribution in [1.82, 2.24) is 4.98 Å². The molecule has 0 amide bonds. The second-order valence-electron chi connectivity index (χ2n) is 3.03. The molecule has 3 nitrogen and oxygen atoms in total. The van der Waals surface area contributed by atoms with Gasteiger partial charge in [-0.1, -0.05) is 6.92 Å². The first-order chi connectivity index (χ1) is 6.27. The Morgan fingerprint density at radius 3 is 2.77 bits per heavy atom. The predicted molar refractivity (Wildman–Crippen MR) is 56.8 cm³/mol. The number of nitrogen functional groups attached to an aromatic ring is 1. The summed E-state index contributed by atoms with van der Waals surface area (Å²) >= 11 is 0. The van der Waals surface area contributed by atoms with E-state index >= 15 is 0 Å². The summed E-state index contributed by atoms with van der Waals surface area (Å²) in [7, 11) is 0. The van der Waals surface area contributed by atoms with Gasteiger partial charge >= 0.3 is 0 Å². The van der Waals surface area contributed by atoms with Crippen molar-refractivity contribution in [2.45, 2.75) is 20.3 Å². The summed E-state index contributed by atoms with van der Waals surface area (Å²) in [5.41, 5.74) is 6.46. The number of nitrogens with zero attached hydrogens (tertiary/aromatic N) is 2. The number of anilines is 2. The fourth-order valence-corrected chi connectivity index (χ4v) is 1.31. The van der Waals surface area contributed by atoms with Crippen molar-refractivity contribution in [2.24, 2.45) is 0 Å². The Hall–Kier alpha value is -1.25. The summed E-state index contributed by atoms with van der Waals surface area (Å²) in [6.07, 6.45) is 2.88.